The summed E-state index contributed by atoms with van der Waals surface area (Å²) >= 11 is 5.74. The van der Waals surface area contributed by atoms with Crippen molar-refractivity contribution in [1.82, 2.24) is 0 Å². The largest absolute Gasteiger partial charge is 0.489 e. The van der Waals surface area contributed by atoms with Crippen LogP contribution in [0.25, 0.3) is 0 Å². The summed E-state index contributed by atoms with van der Waals surface area (Å²) < 4.78 is 5.62. The number of benzene rings is 1. The minimum absolute atomic E-state index is 0.326. The molecule has 0 amide bonds. The molecule has 0 saturated heterocycles. The monoisotopic (exact) mass is 194 g/mol. The molecule has 0 aliphatic carbocycles. The first-order chi connectivity index (χ1) is 6.03. The van der Waals surface area contributed by atoms with Crippen LogP contribution in [-0.4, -0.2) is 13.4 Å². The fourth-order valence-corrected chi connectivity index (χ4v) is 0.989. The zero-order valence-electron chi connectivity index (χ0n) is 7.88. The number of hydrogen-bond acceptors (Lipinski definition) is 1. The average molecular weight is 194 g/mol. The lowest BCUT2D eigenvalue weighted by Gasteiger charge is -2.25. The third-order valence-electron chi connectivity index (χ3n) is 1.70. The molecule has 0 aromatic heterocycles. The summed E-state index contributed by atoms with van der Waals surface area (Å²) in [5, 5.41) is 0.706. The van der Waals surface area contributed by atoms with Gasteiger partial charge in [0.2, 0.25) is 0 Å². The van der Waals surface area contributed by atoms with Crippen LogP contribution in [0, 0.1) is 0 Å². The van der Waals surface area contributed by atoms with Gasteiger partial charge in [0.05, 0.1) is 13.4 Å². The topological polar surface area (TPSA) is 9.23 Å². The Bertz CT molecular complexity index is 269. The van der Waals surface area contributed by atoms with Gasteiger partial charge in [-0.2, -0.15) is 0 Å². The van der Waals surface area contributed by atoms with Crippen molar-refractivity contribution in [2.75, 3.05) is 0 Å². The molecule has 3 heteroatoms. The first-order valence-corrected chi connectivity index (χ1v) is 4.56. The zero-order chi connectivity index (χ0) is 9.90. The van der Waals surface area contributed by atoms with Crippen LogP contribution in [0.1, 0.15) is 13.8 Å². The molecule has 0 unspecified atom stereocenters. The molecular formula is C10H12BClO. The Morgan fingerprint density at radius 2 is 1.85 bits per heavy atom. The van der Waals surface area contributed by atoms with Gasteiger partial charge in [-0.05, 0) is 44.4 Å². The Kier molecular flexibility index (Phi) is 3.26. The molecule has 0 fully saturated rings. The van der Waals surface area contributed by atoms with Crippen LogP contribution in [0.15, 0.2) is 24.3 Å². The van der Waals surface area contributed by atoms with Crippen LogP contribution >= 0.6 is 11.6 Å². The highest BCUT2D eigenvalue weighted by atomic mass is 35.5. The molecule has 1 rings (SSSR count). The number of hydrogen-bond donors (Lipinski definition) is 0. The Hall–Kier alpha value is -0.625. The summed E-state index contributed by atoms with van der Waals surface area (Å²) in [5.41, 5.74) is -0.326. The fourth-order valence-electron chi connectivity index (χ4n) is 0.863. The van der Waals surface area contributed by atoms with Crippen LogP contribution in [0.4, 0.5) is 0 Å². The molecule has 0 N–H and O–H groups in total. The van der Waals surface area contributed by atoms with Crippen molar-refractivity contribution in [3.05, 3.63) is 29.3 Å². The van der Waals surface area contributed by atoms with E-state index in [2.05, 4.69) is 0 Å². The highest BCUT2D eigenvalue weighted by molar-refractivity contribution is 6.30. The van der Waals surface area contributed by atoms with Gasteiger partial charge < -0.3 is 4.74 Å². The van der Waals surface area contributed by atoms with Crippen LogP contribution in [0.3, 0.4) is 0 Å². The predicted molar refractivity (Wildman–Crippen MR) is 56.7 cm³/mol. The van der Waals surface area contributed by atoms with Crippen LogP contribution < -0.4 is 4.74 Å². The van der Waals surface area contributed by atoms with Crippen LogP contribution in [-0.2, 0) is 0 Å². The maximum Gasteiger partial charge on any atom is 0.120 e. The van der Waals surface area contributed by atoms with E-state index < -0.39 is 0 Å². The molecule has 1 aromatic carbocycles. The van der Waals surface area contributed by atoms with E-state index in [4.69, 9.17) is 24.2 Å². The van der Waals surface area contributed by atoms with Crippen molar-refractivity contribution < 1.29 is 4.74 Å². The van der Waals surface area contributed by atoms with Crippen molar-refractivity contribution in [3.8, 4) is 5.75 Å². The number of ether oxygens (including phenoxy) is 1. The van der Waals surface area contributed by atoms with Gasteiger partial charge in [-0.15, -0.1) is 0 Å². The van der Waals surface area contributed by atoms with Crippen molar-refractivity contribution in [2.45, 2.75) is 25.8 Å². The molecule has 0 atom stereocenters. The molecular weight excluding hydrogens is 182 g/mol. The van der Waals surface area contributed by atoms with Gasteiger partial charge >= 0.3 is 0 Å². The summed E-state index contributed by atoms with van der Waals surface area (Å²) in [6, 6.07) is 7.26. The Labute approximate surface area is 85.5 Å². The van der Waals surface area contributed by atoms with Gasteiger partial charge in [-0.25, -0.2) is 0 Å². The molecule has 0 bridgehead atoms. The van der Waals surface area contributed by atoms with Crippen LogP contribution in [0.2, 0.25) is 11.3 Å². The maximum absolute atomic E-state index is 5.74. The summed E-state index contributed by atoms with van der Waals surface area (Å²) in [4.78, 5) is 0. The lowest BCUT2D eigenvalue weighted by Crippen LogP contribution is -2.27. The van der Waals surface area contributed by atoms with E-state index in [1.807, 2.05) is 26.0 Å². The van der Waals surface area contributed by atoms with E-state index in [-0.39, 0.29) is 5.60 Å². The van der Waals surface area contributed by atoms with Gasteiger partial charge in [0.1, 0.15) is 5.75 Å². The summed E-state index contributed by atoms with van der Waals surface area (Å²) in [6.45, 7) is 3.89. The first kappa shape index (κ1) is 10.5. The first-order valence-electron chi connectivity index (χ1n) is 4.18. The SMILES string of the molecule is [B]CC(C)(C)Oc1ccc(Cl)cc1. The smallest absolute Gasteiger partial charge is 0.120 e. The predicted octanol–water partition coefficient (Wildman–Crippen LogP) is 3.08. The van der Waals surface area contributed by atoms with E-state index in [1.54, 1.807) is 12.1 Å². The second-order valence-electron chi connectivity index (χ2n) is 3.52. The number of halogens is 1. The van der Waals surface area contributed by atoms with Crippen molar-refractivity contribution in [2.24, 2.45) is 0 Å². The van der Waals surface area contributed by atoms with Gasteiger partial charge in [-0.1, -0.05) is 11.6 Å². The minimum Gasteiger partial charge on any atom is -0.489 e. The Morgan fingerprint density at radius 1 is 1.31 bits per heavy atom. The standard InChI is InChI=1S/C10H12BClO/c1-10(2,7-11)13-9-5-3-8(12)4-6-9/h3-6H,7H2,1-2H3. The van der Waals surface area contributed by atoms with Crippen molar-refractivity contribution in [3.63, 3.8) is 0 Å². The van der Waals surface area contributed by atoms with E-state index in [0.29, 0.717) is 11.3 Å². The summed E-state index contributed by atoms with van der Waals surface area (Å²) in [6.07, 6.45) is 0.482. The van der Waals surface area contributed by atoms with Crippen molar-refractivity contribution in [1.29, 1.82) is 0 Å². The van der Waals surface area contributed by atoms with Gasteiger partial charge in [0.15, 0.2) is 0 Å². The zero-order valence-corrected chi connectivity index (χ0v) is 8.64. The van der Waals surface area contributed by atoms with Crippen molar-refractivity contribution >= 4 is 19.4 Å². The van der Waals surface area contributed by atoms with E-state index in [1.165, 1.54) is 0 Å². The molecule has 13 heavy (non-hydrogen) atoms. The minimum atomic E-state index is -0.326. The molecule has 0 spiro atoms. The third-order valence-corrected chi connectivity index (χ3v) is 1.95. The molecule has 0 saturated carbocycles. The third kappa shape index (κ3) is 3.31. The summed E-state index contributed by atoms with van der Waals surface area (Å²) in [7, 11) is 5.53. The van der Waals surface area contributed by atoms with E-state index in [0.717, 1.165) is 5.75 Å². The molecule has 1 aromatic rings. The highest BCUT2D eigenvalue weighted by Crippen LogP contribution is 2.22. The molecule has 0 aliphatic heterocycles. The van der Waals surface area contributed by atoms with Crippen LogP contribution in [0.5, 0.6) is 5.75 Å². The van der Waals surface area contributed by atoms with Gasteiger partial charge in [0.25, 0.3) is 0 Å². The maximum atomic E-state index is 5.74. The number of rotatable bonds is 3. The van der Waals surface area contributed by atoms with E-state index >= 15 is 0 Å². The lowest BCUT2D eigenvalue weighted by atomic mass is 9.90. The molecule has 0 aliphatic rings. The van der Waals surface area contributed by atoms with Gasteiger partial charge in [0, 0.05) is 5.02 Å². The average Bonchev–Trinajstić information content (AvgIpc) is 2.09. The Morgan fingerprint density at radius 3 is 2.31 bits per heavy atom. The summed E-state index contributed by atoms with van der Waals surface area (Å²) in [5.74, 6) is 0.792. The Balaban J connectivity index is 2.69. The van der Waals surface area contributed by atoms with Gasteiger partial charge in [-0.3, -0.25) is 0 Å². The molecule has 0 heterocycles. The highest BCUT2D eigenvalue weighted by Gasteiger charge is 2.15. The lowest BCUT2D eigenvalue weighted by molar-refractivity contribution is 0.131. The second kappa shape index (κ2) is 4.06. The quantitative estimate of drug-likeness (QED) is 0.672. The molecule has 1 nitrogen and oxygen atoms in total. The molecule has 68 valence electrons. The second-order valence-corrected chi connectivity index (χ2v) is 3.96. The molecule has 2 radical (unpaired) electrons. The normalized spacial score (nSPS) is 11.3. The fraction of sp³-hybridized carbons (Fsp3) is 0.400. The van der Waals surface area contributed by atoms with E-state index in [9.17, 15) is 0 Å².